The molecule has 0 aliphatic rings. The number of carbonyl (C=O) groups excluding carboxylic acids is 14. The number of rotatable bonds is 54. The van der Waals surface area contributed by atoms with Crippen molar-refractivity contribution in [3.05, 3.63) is 0 Å². The van der Waals surface area contributed by atoms with E-state index in [2.05, 4.69) is 92.4 Å². The Labute approximate surface area is 632 Å². The zero-order valence-corrected chi connectivity index (χ0v) is 64.4. The highest BCUT2D eigenvalue weighted by Crippen LogP contribution is 2.14. The van der Waals surface area contributed by atoms with Gasteiger partial charge in [-0.2, -0.15) is 24.4 Å². The van der Waals surface area contributed by atoms with Gasteiger partial charge in [0.25, 0.3) is 0 Å². The number of hydrogen-bond acceptors (Lipinski definition) is 24. The average molecular weight is 1560 g/mol. The molecule has 107 heavy (non-hydrogen) atoms. The Morgan fingerprint density at radius 1 is 0.449 bits per heavy atom. The van der Waals surface area contributed by atoms with Crippen LogP contribution in [0.4, 0.5) is 0 Å². The molecule has 0 aromatic carbocycles. The van der Waals surface area contributed by atoms with E-state index < -0.39 is 248 Å². The number of nitrogens with two attached hydrogens (primary N) is 3. The fourth-order valence-electron chi connectivity index (χ4n) is 9.89. The second-order valence-electron chi connectivity index (χ2n) is 26.5. The third kappa shape index (κ3) is 37.6. The van der Waals surface area contributed by atoms with Crippen LogP contribution in [-0.2, 0) is 76.7 Å². The summed E-state index contributed by atoms with van der Waals surface area (Å²) in [5, 5.41) is 93.7. The summed E-state index contributed by atoms with van der Waals surface area (Å²) in [6, 6.07) is -20.5. The van der Waals surface area contributed by atoms with Crippen LogP contribution in [0.3, 0.4) is 0 Å². The van der Waals surface area contributed by atoms with E-state index in [0.717, 1.165) is 0 Å². The first-order chi connectivity index (χ1) is 50.2. The molecule has 14 amide bonds. The Morgan fingerprint density at radius 3 is 1.31 bits per heavy atom. The summed E-state index contributed by atoms with van der Waals surface area (Å²) in [7, 11) is 0. The molecular weight excluding hydrogens is 1450 g/mol. The van der Waals surface area contributed by atoms with Crippen molar-refractivity contribution in [1.82, 2.24) is 79.8 Å². The predicted molar refractivity (Wildman–Crippen MR) is 395 cm³/mol. The minimum atomic E-state index is -1.86. The maximum absolute atomic E-state index is 14.2. The Kier molecular flexibility index (Phi) is 48.1. The van der Waals surface area contributed by atoms with Gasteiger partial charge in [-0.1, -0.05) is 68.2 Å². The Balaban J connectivity index is 6.54. The topological polar surface area (TPSA) is 657 Å². The first-order valence-corrected chi connectivity index (χ1v) is 37.4. The number of carboxylic acids is 2. The SMILES string of the molecule is CC[C@H](C)[C@H](NC(=O)[C@H](CO)NC(=O)[C@H](CO)NC(=O)[C@H](CC(C)C)NC(=O)[C@H](CCCNC(=N)N)NC(=O)[C@H](CCCCN)NC(=O)CNC(=O)[C@H](CS)NC(=O)[C@@H](NC(=O)[C@H](CO)NC(=O)[C@H](CCC(=O)O)NC(=O)[C@@H](NC(=O)[C@H](C)NC(=O)[C@H](CCSC)NC(=O)[C@H](C)N)[C@@H](C)CC)C(C)C)C(=O)O. The number of aliphatic hydroxyl groups is 3. The van der Waals surface area contributed by atoms with Gasteiger partial charge in [0.1, 0.15) is 78.5 Å². The zero-order chi connectivity index (χ0) is 82.0. The molecule has 0 aliphatic carbocycles. The van der Waals surface area contributed by atoms with Gasteiger partial charge < -0.3 is 122 Å². The molecule has 0 spiro atoms. The third-order valence-corrected chi connectivity index (χ3v) is 17.8. The number of nitrogens with one attached hydrogen (secondary N) is 16. The quantitative estimate of drug-likeness (QED) is 0.0116. The highest BCUT2D eigenvalue weighted by Gasteiger charge is 2.38. The third-order valence-electron chi connectivity index (χ3n) is 16.7. The first-order valence-electron chi connectivity index (χ1n) is 35.3. The normalized spacial score (nSPS) is 15.7. The van der Waals surface area contributed by atoms with Crippen LogP contribution in [0.5, 0.6) is 0 Å². The Bertz CT molecular complexity index is 2980. The maximum Gasteiger partial charge on any atom is 0.326 e. The first kappa shape index (κ1) is 98.3. The van der Waals surface area contributed by atoms with Crippen LogP contribution < -0.4 is 97.0 Å². The van der Waals surface area contributed by atoms with E-state index in [-0.39, 0.29) is 64.0 Å². The van der Waals surface area contributed by atoms with E-state index in [1.807, 2.05) is 0 Å². The Morgan fingerprint density at radius 2 is 0.850 bits per heavy atom. The summed E-state index contributed by atoms with van der Waals surface area (Å²) in [5.41, 5.74) is 16.9. The second-order valence-corrected chi connectivity index (χ2v) is 27.8. The van der Waals surface area contributed by atoms with Gasteiger partial charge >= 0.3 is 11.9 Å². The van der Waals surface area contributed by atoms with Crippen molar-refractivity contribution < 1.29 is 102 Å². The van der Waals surface area contributed by atoms with Crippen LogP contribution in [0.1, 0.15) is 140 Å². The summed E-state index contributed by atoms with van der Waals surface area (Å²) in [6.45, 7) is 11.8. The number of carbonyl (C=O) groups is 16. The summed E-state index contributed by atoms with van der Waals surface area (Å²) in [5.74, 6) is -19.0. The van der Waals surface area contributed by atoms with E-state index in [1.54, 1.807) is 47.8 Å². The highest BCUT2D eigenvalue weighted by molar-refractivity contribution is 7.98. The molecule has 610 valence electrons. The number of thiol groups is 1. The van der Waals surface area contributed by atoms with Crippen molar-refractivity contribution in [2.75, 3.05) is 57.2 Å². The lowest BCUT2D eigenvalue weighted by Gasteiger charge is -2.29. The van der Waals surface area contributed by atoms with E-state index in [4.69, 9.17) is 22.6 Å². The van der Waals surface area contributed by atoms with Crippen LogP contribution in [0.25, 0.3) is 0 Å². The fraction of sp³-hybridized carbons (Fsp3) is 0.738. The van der Waals surface area contributed by atoms with E-state index in [0.29, 0.717) is 18.6 Å². The van der Waals surface area contributed by atoms with Gasteiger partial charge in [0.2, 0.25) is 82.7 Å². The number of aliphatic hydroxyl groups excluding tert-OH is 3. The van der Waals surface area contributed by atoms with Gasteiger partial charge in [-0.3, -0.25) is 77.3 Å². The second kappa shape index (κ2) is 52.3. The van der Waals surface area contributed by atoms with Crippen molar-refractivity contribution in [3.8, 4) is 0 Å². The van der Waals surface area contributed by atoms with Gasteiger partial charge in [-0.05, 0) is 107 Å². The van der Waals surface area contributed by atoms with Gasteiger partial charge in [0, 0.05) is 18.7 Å². The minimum Gasteiger partial charge on any atom is -0.481 e. The van der Waals surface area contributed by atoms with Crippen LogP contribution in [0.2, 0.25) is 0 Å². The summed E-state index contributed by atoms with van der Waals surface area (Å²) < 4.78 is 0. The molecule has 40 nitrogen and oxygen atoms in total. The van der Waals surface area contributed by atoms with Crippen LogP contribution in [-0.4, -0.2) is 268 Å². The standard InChI is InChI=1S/C65H117N19O21S2/c1-12-33(7)49(83-52(92)36(10)72-54(94)40(21-24-107-11)74-51(91)35(9)67)63(103)76-39(19-20-47(89)90)57(97)78-43(28-86)60(100)82-48(32(5)6)62(102)81-45(30-106)53(93)71-26-46(88)73-37(17-14-15-22-66)55(95)75-38(18-16-23-70-65(68)69)56(96)77-41(25-31(3)4)58(98)79-42(27-85)59(99)80-44(29-87)61(101)84-50(64(104)105)34(8)13-2/h31-45,48-50,85-87,106H,12-30,66-67H2,1-11H3,(H,71,93)(H,72,94)(H,73,88)(H,74,91)(H,75,95)(H,76,103)(H,77,96)(H,78,97)(H,79,98)(H,80,99)(H,81,102)(H,82,100)(H,83,92)(H,84,101)(H,89,90)(H,104,105)(H4,68,69,70)/t33-,34-,35-,36-,37-,38-,39-,40-,41-,42-,43-,44-,45-,48-,49-,50-/m0/s1. The lowest BCUT2D eigenvalue weighted by Crippen LogP contribution is -2.62. The molecule has 0 heterocycles. The molecule has 0 saturated carbocycles. The molecule has 0 aliphatic heterocycles. The van der Waals surface area contributed by atoms with Crippen molar-refractivity contribution in [2.24, 2.45) is 40.9 Å². The number of unbranched alkanes of at least 4 members (excludes halogenated alkanes) is 1. The number of amides is 14. The van der Waals surface area contributed by atoms with E-state index in [9.17, 15) is 102 Å². The molecule has 0 saturated heterocycles. The number of carboxylic acid groups (broad SMARTS) is 2. The average Bonchev–Trinajstić information content (AvgIpc) is 0.859. The lowest BCUT2D eigenvalue weighted by molar-refractivity contribution is -0.144. The zero-order valence-electron chi connectivity index (χ0n) is 62.7. The molecule has 42 heteroatoms. The largest absolute Gasteiger partial charge is 0.481 e. The maximum atomic E-state index is 14.2. The van der Waals surface area contributed by atoms with Crippen LogP contribution >= 0.6 is 24.4 Å². The fourth-order valence-corrected chi connectivity index (χ4v) is 10.6. The summed E-state index contributed by atoms with van der Waals surface area (Å²) in [6.07, 6.45) is 1.66. The van der Waals surface area contributed by atoms with Gasteiger partial charge in [0.15, 0.2) is 5.96 Å². The smallest absolute Gasteiger partial charge is 0.326 e. The Hall–Kier alpha value is -8.71. The van der Waals surface area contributed by atoms with E-state index >= 15 is 0 Å². The number of hydrogen-bond donors (Lipinski definition) is 25. The molecule has 0 unspecified atom stereocenters. The predicted octanol–water partition coefficient (Wildman–Crippen LogP) is -7.43. The number of guanidine groups is 1. The van der Waals surface area contributed by atoms with Crippen LogP contribution in [0, 0.1) is 29.1 Å². The molecule has 0 radical (unpaired) electrons. The number of aliphatic carboxylic acids is 2. The van der Waals surface area contributed by atoms with Gasteiger partial charge in [0.05, 0.1) is 32.4 Å². The molecule has 0 bridgehead atoms. The van der Waals surface area contributed by atoms with Gasteiger partial charge in [-0.15, -0.1) is 0 Å². The molecule has 0 aromatic heterocycles. The van der Waals surface area contributed by atoms with Crippen LogP contribution in [0.15, 0.2) is 0 Å². The monoisotopic (exact) mass is 1560 g/mol. The van der Waals surface area contributed by atoms with Crippen molar-refractivity contribution >= 4 is 125 Å². The molecule has 16 atom stereocenters. The lowest BCUT2D eigenvalue weighted by atomic mass is 9.97. The van der Waals surface area contributed by atoms with E-state index in [1.165, 1.54) is 39.5 Å². The number of thioether (sulfide) groups is 1. The van der Waals surface area contributed by atoms with Crippen molar-refractivity contribution in [1.29, 1.82) is 5.41 Å². The summed E-state index contributed by atoms with van der Waals surface area (Å²) >= 11 is 5.59. The molecule has 0 aromatic rings. The highest BCUT2D eigenvalue weighted by atomic mass is 32.2. The molecule has 0 rings (SSSR count). The molecule has 27 N–H and O–H groups in total. The van der Waals surface area contributed by atoms with Crippen molar-refractivity contribution in [3.63, 3.8) is 0 Å². The van der Waals surface area contributed by atoms with Gasteiger partial charge in [-0.25, -0.2) is 4.79 Å². The molecular formula is C65H117N19O21S2. The molecule has 0 fully saturated rings. The van der Waals surface area contributed by atoms with Crippen molar-refractivity contribution in [2.45, 2.75) is 224 Å². The summed E-state index contributed by atoms with van der Waals surface area (Å²) in [4.78, 5) is 214. The minimum absolute atomic E-state index is 0.0183.